The monoisotopic (exact) mass is 416 g/mol. The van der Waals surface area contributed by atoms with E-state index >= 15 is 0 Å². The average molecular weight is 417 g/mol. The van der Waals surface area contributed by atoms with E-state index in [0.717, 1.165) is 14.6 Å². The third-order valence-electron chi connectivity index (χ3n) is 4.24. The Hall–Kier alpha value is -2.45. The van der Waals surface area contributed by atoms with Gasteiger partial charge in [-0.15, -0.1) is 11.3 Å². The predicted octanol–water partition coefficient (Wildman–Crippen LogP) is 4.35. The van der Waals surface area contributed by atoms with Crippen molar-refractivity contribution in [1.82, 2.24) is 9.97 Å². The molecule has 0 amide bonds. The summed E-state index contributed by atoms with van der Waals surface area (Å²) in [6.07, 6.45) is 0.190. The molecule has 3 aromatic rings. The Morgan fingerprint density at radius 3 is 2.64 bits per heavy atom. The van der Waals surface area contributed by atoms with E-state index < -0.39 is 5.97 Å². The predicted molar refractivity (Wildman–Crippen MR) is 111 cm³/mol. The smallest absolute Gasteiger partial charge is 0.307 e. The second-order valence-corrected chi connectivity index (χ2v) is 8.68. The molecular weight excluding hydrogens is 396 g/mol. The zero-order chi connectivity index (χ0) is 20.3. The van der Waals surface area contributed by atoms with Gasteiger partial charge in [-0.2, -0.15) is 0 Å². The standard InChI is InChI=1S/C20H20N2O4S2/c1-11-18(13(3)23)12(2)21-19(11)15(24)10-26-17(25)8-9-27-20-22-14-6-4-5-7-16(14)28-20/h4-7,21H,8-10H2,1-3H3. The molecule has 3 rings (SSSR count). The Labute approximate surface area is 170 Å². The van der Waals surface area contributed by atoms with Gasteiger partial charge in [0, 0.05) is 17.0 Å². The lowest BCUT2D eigenvalue weighted by Crippen LogP contribution is -2.15. The molecule has 0 saturated carbocycles. The van der Waals surface area contributed by atoms with Gasteiger partial charge in [0.25, 0.3) is 0 Å². The van der Waals surface area contributed by atoms with Gasteiger partial charge in [0.1, 0.15) is 0 Å². The third-order valence-corrected chi connectivity index (χ3v) is 6.42. The molecular formula is C20H20N2O4S2. The largest absolute Gasteiger partial charge is 0.457 e. The lowest BCUT2D eigenvalue weighted by molar-refractivity contribution is -0.141. The van der Waals surface area contributed by atoms with Crippen LogP contribution in [0.5, 0.6) is 0 Å². The van der Waals surface area contributed by atoms with Crippen molar-refractivity contribution in [3.8, 4) is 0 Å². The van der Waals surface area contributed by atoms with E-state index in [2.05, 4.69) is 9.97 Å². The Kier molecular flexibility index (Phi) is 6.31. The molecule has 0 radical (unpaired) electrons. The fourth-order valence-corrected chi connectivity index (χ4v) is 5.04. The van der Waals surface area contributed by atoms with Gasteiger partial charge in [-0.1, -0.05) is 23.9 Å². The molecule has 6 nitrogen and oxygen atoms in total. The van der Waals surface area contributed by atoms with Gasteiger partial charge in [-0.3, -0.25) is 14.4 Å². The maximum atomic E-state index is 12.3. The highest BCUT2D eigenvalue weighted by Crippen LogP contribution is 2.29. The van der Waals surface area contributed by atoms with Gasteiger partial charge in [-0.05, 0) is 38.5 Å². The number of esters is 1. The van der Waals surface area contributed by atoms with Crippen LogP contribution in [-0.2, 0) is 9.53 Å². The average Bonchev–Trinajstić information content (AvgIpc) is 3.19. The molecule has 0 aliphatic rings. The molecule has 8 heteroatoms. The summed E-state index contributed by atoms with van der Waals surface area (Å²) >= 11 is 3.08. The van der Waals surface area contributed by atoms with Crippen molar-refractivity contribution >= 4 is 50.9 Å². The SMILES string of the molecule is CC(=O)c1c(C)[nH]c(C(=O)COC(=O)CCSc2nc3ccccc3s2)c1C. The first-order valence-electron chi connectivity index (χ1n) is 8.74. The van der Waals surface area contributed by atoms with E-state index in [1.54, 1.807) is 25.2 Å². The number of Topliss-reactive ketones (excluding diaryl/α,β-unsaturated/α-hetero) is 2. The van der Waals surface area contributed by atoms with E-state index in [1.807, 2.05) is 24.3 Å². The molecule has 2 aromatic heterocycles. The Morgan fingerprint density at radius 1 is 1.21 bits per heavy atom. The van der Waals surface area contributed by atoms with E-state index in [9.17, 15) is 14.4 Å². The number of hydrogen-bond acceptors (Lipinski definition) is 7. The number of carbonyl (C=O) groups excluding carboxylic acids is 3. The number of aromatic nitrogens is 2. The van der Waals surface area contributed by atoms with Gasteiger partial charge in [0.2, 0.25) is 5.78 Å². The van der Waals surface area contributed by atoms with Gasteiger partial charge in [0.05, 0.1) is 22.3 Å². The van der Waals surface area contributed by atoms with E-state index in [4.69, 9.17) is 4.74 Å². The number of para-hydroxylation sites is 1. The summed E-state index contributed by atoms with van der Waals surface area (Å²) in [4.78, 5) is 43.3. The highest BCUT2D eigenvalue weighted by Gasteiger charge is 2.20. The van der Waals surface area contributed by atoms with Gasteiger partial charge < -0.3 is 9.72 Å². The Morgan fingerprint density at radius 2 is 1.96 bits per heavy atom. The number of rotatable bonds is 8. The minimum Gasteiger partial charge on any atom is -0.457 e. The summed E-state index contributed by atoms with van der Waals surface area (Å²) in [5.41, 5.74) is 3.02. The van der Waals surface area contributed by atoms with E-state index in [-0.39, 0.29) is 24.6 Å². The third kappa shape index (κ3) is 4.51. The summed E-state index contributed by atoms with van der Waals surface area (Å²) in [6, 6.07) is 7.88. The van der Waals surface area contributed by atoms with Crippen LogP contribution in [0.4, 0.5) is 0 Å². The molecule has 28 heavy (non-hydrogen) atoms. The summed E-state index contributed by atoms with van der Waals surface area (Å²) in [7, 11) is 0. The number of thioether (sulfide) groups is 1. The Balaban J connectivity index is 1.48. The van der Waals surface area contributed by atoms with Crippen molar-refractivity contribution in [2.24, 2.45) is 0 Å². The fraction of sp³-hybridized carbons (Fsp3) is 0.300. The van der Waals surface area contributed by atoms with Crippen LogP contribution in [0.2, 0.25) is 0 Å². The first-order chi connectivity index (χ1) is 13.4. The highest BCUT2D eigenvalue weighted by atomic mass is 32.2. The number of aromatic amines is 1. The summed E-state index contributed by atoms with van der Waals surface area (Å²) in [5.74, 6) is -0.355. The molecule has 0 atom stereocenters. The number of thiazole rings is 1. The van der Waals surface area contributed by atoms with Crippen LogP contribution in [0.1, 0.15) is 45.4 Å². The lowest BCUT2D eigenvalue weighted by atomic mass is 10.1. The minimum absolute atomic E-state index is 0.103. The molecule has 0 saturated heterocycles. The first-order valence-corrected chi connectivity index (χ1v) is 10.5. The molecule has 0 spiro atoms. The maximum Gasteiger partial charge on any atom is 0.307 e. The van der Waals surface area contributed by atoms with Crippen LogP contribution in [0.15, 0.2) is 28.6 Å². The summed E-state index contributed by atoms with van der Waals surface area (Å²) < 4.78 is 7.11. The summed E-state index contributed by atoms with van der Waals surface area (Å²) in [5, 5.41) is 0. The minimum atomic E-state index is -0.435. The summed E-state index contributed by atoms with van der Waals surface area (Å²) in [6.45, 7) is 4.57. The van der Waals surface area contributed by atoms with Crippen molar-refractivity contribution < 1.29 is 19.1 Å². The zero-order valence-electron chi connectivity index (χ0n) is 15.8. The molecule has 0 bridgehead atoms. The highest BCUT2D eigenvalue weighted by molar-refractivity contribution is 8.01. The number of aryl methyl sites for hydroxylation is 1. The number of ether oxygens (including phenoxy) is 1. The van der Waals surface area contributed by atoms with Crippen molar-refractivity contribution in [3.63, 3.8) is 0 Å². The van der Waals surface area contributed by atoms with E-state index in [1.165, 1.54) is 18.7 Å². The molecule has 0 unspecified atom stereocenters. The fourth-order valence-electron chi connectivity index (χ4n) is 2.98. The first kappa shape index (κ1) is 20.3. The van der Waals surface area contributed by atoms with Crippen molar-refractivity contribution in [1.29, 1.82) is 0 Å². The van der Waals surface area contributed by atoms with Gasteiger partial charge in [0.15, 0.2) is 16.7 Å². The maximum absolute atomic E-state index is 12.3. The second-order valence-electron chi connectivity index (χ2n) is 6.31. The van der Waals surface area contributed by atoms with Crippen LogP contribution >= 0.6 is 23.1 Å². The van der Waals surface area contributed by atoms with Crippen LogP contribution in [0.25, 0.3) is 10.2 Å². The molecule has 1 N–H and O–H groups in total. The number of hydrogen-bond donors (Lipinski definition) is 1. The molecule has 0 fully saturated rings. The number of benzene rings is 1. The van der Waals surface area contributed by atoms with E-state index in [0.29, 0.717) is 28.3 Å². The molecule has 2 heterocycles. The second kappa shape index (κ2) is 8.70. The van der Waals surface area contributed by atoms with Crippen LogP contribution in [0.3, 0.4) is 0 Å². The number of H-pyrrole nitrogens is 1. The molecule has 0 aliphatic carbocycles. The zero-order valence-corrected chi connectivity index (χ0v) is 17.5. The Bertz CT molecular complexity index is 1020. The number of fused-ring (bicyclic) bond motifs is 1. The van der Waals surface area contributed by atoms with Crippen LogP contribution in [0, 0.1) is 13.8 Å². The van der Waals surface area contributed by atoms with Crippen LogP contribution in [-0.4, -0.2) is 39.9 Å². The van der Waals surface area contributed by atoms with Crippen molar-refractivity contribution in [3.05, 3.63) is 46.8 Å². The molecule has 1 aromatic carbocycles. The normalized spacial score (nSPS) is 11.0. The topological polar surface area (TPSA) is 89.1 Å². The van der Waals surface area contributed by atoms with Crippen molar-refractivity contribution in [2.75, 3.05) is 12.4 Å². The van der Waals surface area contributed by atoms with Crippen molar-refractivity contribution in [2.45, 2.75) is 31.5 Å². The van der Waals surface area contributed by atoms with Crippen LogP contribution < -0.4 is 0 Å². The number of nitrogens with one attached hydrogen (secondary N) is 1. The number of carbonyl (C=O) groups is 3. The molecule has 146 valence electrons. The number of ketones is 2. The quantitative estimate of drug-likeness (QED) is 0.334. The van der Waals surface area contributed by atoms with Gasteiger partial charge in [-0.25, -0.2) is 4.98 Å². The number of nitrogens with zero attached hydrogens (tertiary/aromatic N) is 1. The molecule has 0 aliphatic heterocycles. The lowest BCUT2D eigenvalue weighted by Gasteiger charge is -2.04. The van der Waals surface area contributed by atoms with Gasteiger partial charge >= 0.3 is 5.97 Å².